The number of benzene rings is 1. The van der Waals surface area contributed by atoms with Crippen LogP contribution in [-0.2, 0) is 9.53 Å². The first kappa shape index (κ1) is 13.2. The molecular weight excluding hydrogens is 272 g/mol. The van der Waals surface area contributed by atoms with Crippen LogP contribution in [0.3, 0.4) is 0 Å². The minimum atomic E-state index is -0.497. The highest BCUT2D eigenvalue weighted by Gasteiger charge is 2.34. The SMILES string of the molecule is COC(=O)C1=C(C)Nc2ncnn2[C@H]1c1cccc(O)c1. The summed E-state index contributed by atoms with van der Waals surface area (Å²) in [5.74, 6) is 0.206. The lowest BCUT2D eigenvalue weighted by Gasteiger charge is -2.27. The maximum absolute atomic E-state index is 12.1. The highest BCUT2D eigenvalue weighted by Crippen LogP contribution is 2.35. The first-order chi connectivity index (χ1) is 10.1. The molecule has 1 atom stereocenters. The van der Waals surface area contributed by atoms with E-state index in [0.29, 0.717) is 17.2 Å². The van der Waals surface area contributed by atoms with Gasteiger partial charge in [0.15, 0.2) is 0 Å². The average molecular weight is 286 g/mol. The molecule has 0 radical (unpaired) electrons. The largest absolute Gasteiger partial charge is 0.508 e. The molecule has 1 aliphatic rings. The van der Waals surface area contributed by atoms with Crippen LogP contribution in [0.15, 0.2) is 41.9 Å². The Morgan fingerprint density at radius 1 is 1.48 bits per heavy atom. The van der Waals surface area contributed by atoms with E-state index in [4.69, 9.17) is 4.74 Å². The zero-order chi connectivity index (χ0) is 15.0. The number of carbonyl (C=O) groups excluding carboxylic acids is 1. The molecule has 0 saturated heterocycles. The third kappa shape index (κ3) is 2.12. The number of allylic oxidation sites excluding steroid dienone is 1. The number of anilines is 1. The number of hydrogen-bond acceptors (Lipinski definition) is 6. The zero-order valence-electron chi connectivity index (χ0n) is 11.6. The first-order valence-electron chi connectivity index (χ1n) is 6.36. The second kappa shape index (κ2) is 4.93. The fraction of sp³-hybridized carbons (Fsp3) is 0.214. The van der Waals surface area contributed by atoms with Crippen LogP contribution in [0.2, 0.25) is 0 Å². The summed E-state index contributed by atoms with van der Waals surface area (Å²) < 4.78 is 6.46. The van der Waals surface area contributed by atoms with Crippen LogP contribution in [-0.4, -0.2) is 33.0 Å². The summed E-state index contributed by atoms with van der Waals surface area (Å²) in [6.07, 6.45) is 1.41. The Hall–Kier alpha value is -2.83. The molecule has 7 heteroatoms. The number of nitrogens with zero attached hydrogens (tertiary/aromatic N) is 3. The van der Waals surface area contributed by atoms with Crippen LogP contribution in [0, 0.1) is 0 Å². The van der Waals surface area contributed by atoms with Gasteiger partial charge in [0.25, 0.3) is 0 Å². The molecule has 0 unspecified atom stereocenters. The number of esters is 1. The lowest BCUT2D eigenvalue weighted by Crippen LogP contribution is -2.29. The van der Waals surface area contributed by atoms with Crippen LogP contribution in [0.25, 0.3) is 0 Å². The minimum absolute atomic E-state index is 0.120. The molecule has 0 amide bonds. The van der Waals surface area contributed by atoms with Gasteiger partial charge in [0.2, 0.25) is 5.95 Å². The number of hydrogen-bond donors (Lipinski definition) is 2. The van der Waals surface area contributed by atoms with E-state index < -0.39 is 12.0 Å². The van der Waals surface area contributed by atoms with Gasteiger partial charge in [-0.1, -0.05) is 12.1 Å². The number of ether oxygens (including phenoxy) is 1. The third-order valence-corrected chi connectivity index (χ3v) is 3.39. The smallest absolute Gasteiger partial charge is 0.338 e. The zero-order valence-corrected chi connectivity index (χ0v) is 11.6. The van der Waals surface area contributed by atoms with Gasteiger partial charge in [-0.25, -0.2) is 9.48 Å². The van der Waals surface area contributed by atoms with E-state index in [9.17, 15) is 9.90 Å². The Morgan fingerprint density at radius 2 is 2.29 bits per heavy atom. The molecule has 2 aromatic rings. The van der Waals surface area contributed by atoms with Crippen molar-refractivity contribution in [3.63, 3.8) is 0 Å². The van der Waals surface area contributed by atoms with Gasteiger partial charge in [-0.3, -0.25) is 0 Å². The second-order valence-corrected chi connectivity index (χ2v) is 4.68. The van der Waals surface area contributed by atoms with E-state index in [0.717, 1.165) is 5.56 Å². The van der Waals surface area contributed by atoms with Gasteiger partial charge in [-0.05, 0) is 24.6 Å². The van der Waals surface area contributed by atoms with Crippen LogP contribution in [0.4, 0.5) is 5.95 Å². The normalized spacial score (nSPS) is 17.1. The van der Waals surface area contributed by atoms with Gasteiger partial charge in [0, 0.05) is 5.70 Å². The minimum Gasteiger partial charge on any atom is -0.508 e. The van der Waals surface area contributed by atoms with Crippen molar-refractivity contribution in [2.75, 3.05) is 12.4 Å². The Kier molecular flexibility index (Phi) is 3.09. The summed E-state index contributed by atoms with van der Waals surface area (Å²) in [4.78, 5) is 16.3. The number of aromatic nitrogens is 3. The molecule has 0 bridgehead atoms. The highest BCUT2D eigenvalue weighted by molar-refractivity contribution is 5.92. The second-order valence-electron chi connectivity index (χ2n) is 4.68. The van der Waals surface area contributed by atoms with E-state index in [1.165, 1.54) is 13.4 Å². The summed E-state index contributed by atoms with van der Waals surface area (Å²) >= 11 is 0. The summed E-state index contributed by atoms with van der Waals surface area (Å²) in [5, 5.41) is 16.9. The molecule has 0 saturated carbocycles. The molecule has 2 N–H and O–H groups in total. The molecule has 0 spiro atoms. The van der Waals surface area contributed by atoms with Crippen molar-refractivity contribution in [2.24, 2.45) is 0 Å². The van der Waals surface area contributed by atoms with Gasteiger partial charge in [0.05, 0.1) is 12.7 Å². The van der Waals surface area contributed by atoms with Gasteiger partial charge >= 0.3 is 5.97 Å². The van der Waals surface area contributed by atoms with Crippen LogP contribution in [0.1, 0.15) is 18.5 Å². The Bertz CT molecular complexity index is 735. The fourth-order valence-corrected chi connectivity index (χ4v) is 2.47. The van der Waals surface area contributed by atoms with Gasteiger partial charge in [-0.15, -0.1) is 0 Å². The molecule has 0 fully saturated rings. The summed E-state index contributed by atoms with van der Waals surface area (Å²) in [6.45, 7) is 1.78. The monoisotopic (exact) mass is 286 g/mol. The number of fused-ring (bicyclic) bond motifs is 1. The number of phenols is 1. The van der Waals surface area contributed by atoms with Crippen molar-refractivity contribution < 1.29 is 14.6 Å². The fourth-order valence-electron chi connectivity index (χ4n) is 2.47. The Labute approximate surface area is 120 Å². The number of nitrogens with one attached hydrogen (secondary N) is 1. The number of methoxy groups -OCH3 is 1. The molecule has 0 aliphatic carbocycles. The topological polar surface area (TPSA) is 89.3 Å². The van der Waals surface area contributed by atoms with Crippen molar-refractivity contribution in [2.45, 2.75) is 13.0 Å². The predicted molar refractivity (Wildman–Crippen MR) is 74.6 cm³/mol. The van der Waals surface area contributed by atoms with Crippen molar-refractivity contribution in [3.05, 3.63) is 47.4 Å². The highest BCUT2D eigenvalue weighted by atomic mass is 16.5. The maximum atomic E-state index is 12.1. The standard InChI is InChI=1S/C14H14N4O3/c1-8-11(13(20)21-2)12(9-4-3-5-10(19)6-9)18-14(17-8)15-7-16-18/h3-7,12,19H,1-2H3,(H,15,16,17)/t12-/m0/s1. The number of aromatic hydroxyl groups is 1. The average Bonchev–Trinajstić information content (AvgIpc) is 2.92. The lowest BCUT2D eigenvalue weighted by atomic mass is 9.95. The van der Waals surface area contributed by atoms with Gasteiger partial charge in [0.1, 0.15) is 18.1 Å². The summed E-state index contributed by atoms with van der Waals surface area (Å²) in [5.41, 5.74) is 1.81. The maximum Gasteiger partial charge on any atom is 0.338 e. The van der Waals surface area contributed by atoms with Crippen LogP contribution >= 0.6 is 0 Å². The lowest BCUT2D eigenvalue weighted by molar-refractivity contribution is -0.136. The molecule has 108 valence electrons. The van der Waals surface area contributed by atoms with E-state index in [2.05, 4.69) is 15.4 Å². The number of rotatable bonds is 2. The van der Waals surface area contributed by atoms with Crippen LogP contribution in [0.5, 0.6) is 5.75 Å². The molecule has 1 aromatic carbocycles. The van der Waals surface area contributed by atoms with E-state index in [1.807, 2.05) is 6.07 Å². The van der Waals surface area contributed by atoms with E-state index in [1.54, 1.807) is 29.8 Å². The van der Waals surface area contributed by atoms with Crippen molar-refractivity contribution in [1.82, 2.24) is 14.8 Å². The summed E-state index contributed by atoms with van der Waals surface area (Å²) in [6, 6.07) is 6.20. The molecule has 2 heterocycles. The van der Waals surface area contributed by atoms with Gasteiger partial charge in [-0.2, -0.15) is 10.1 Å². The molecule has 7 nitrogen and oxygen atoms in total. The van der Waals surface area contributed by atoms with Crippen molar-refractivity contribution >= 4 is 11.9 Å². The Balaban J connectivity index is 2.20. The molecule has 1 aliphatic heterocycles. The Morgan fingerprint density at radius 3 is 3.00 bits per heavy atom. The summed E-state index contributed by atoms with van der Waals surface area (Å²) in [7, 11) is 1.33. The molecule has 3 rings (SSSR count). The predicted octanol–water partition coefficient (Wildman–Crippen LogP) is 1.45. The van der Waals surface area contributed by atoms with Crippen LogP contribution < -0.4 is 5.32 Å². The molecule has 21 heavy (non-hydrogen) atoms. The number of phenolic OH excluding ortho intramolecular Hbond substituents is 1. The quantitative estimate of drug-likeness (QED) is 0.812. The number of carbonyl (C=O) groups is 1. The van der Waals surface area contributed by atoms with Crippen molar-refractivity contribution in [3.8, 4) is 5.75 Å². The van der Waals surface area contributed by atoms with Crippen molar-refractivity contribution in [1.29, 1.82) is 0 Å². The van der Waals surface area contributed by atoms with E-state index in [-0.39, 0.29) is 5.75 Å². The first-order valence-corrected chi connectivity index (χ1v) is 6.36. The third-order valence-electron chi connectivity index (χ3n) is 3.39. The molecular formula is C14H14N4O3. The molecule has 1 aromatic heterocycles. The van der Waals surface area contributed by atoms with Gasteiger partial charge < -0.3 is 15.2 Å². The van der Waals surface area contributed by atoms with E-state index >= 15 is 0 Å².